The van der Waals surface area contributed by atoms with E-state index in [1.54, 1.807) is 49.9 Å². The average molecular weight is 899 g/mol. The maximum atomic E-state index is 14.8. The standard InChI is InChI=1S/C43H46F4N6O7S2/c1-24-34(59-3)12-11-30-35(21-32(50-36(24)30)38-48-15-16-61-38)60-29-20-33-37(54)51-42(40(56)52-62(57,58)41(2)13-14-41)22-25(42)9-7-5-4-6-8-10-31(39(55)53(33)23-29)49-28-18-26(43(45,46)47)17-27(44)19-28/h7,9,11-12,15-19,21,25,29,31,33,49H,4-6,8,10,13-14,20,22-23H2,1-3H3,(H,51,54)(H,52,56)/b9-7-/t25-,29+,31-,33-,42+/m0/s1. The molecule has 19 heteroatoms. The molecule has 4 aliphatic rings. The van der Waals surface area contributed by atoms with E-state index in [2.05, 4.69) is 20.3 Å². The van der Waals surface area contributed by atoms with Gasteiger partial charge in [-0.15, -0.1) is 11.3 Å². The van der Waals surface area contributed by atoms with Crippen LogP contribution in [0.15, 0.2) is 60.1 Å². The van der Waals surface area contributed by atoms with Crippen LogP contribution in [-0.2, 0) is 30.6 Å². The fraction of sp³-hybridized carbons (Fsp3) is 0.465. The van der Waals surface area contributed by atoms with Gasteiger partial charge < -0.3 is 25.0 Å². The Labute approximate surface area is 359 Å². The van der Waals surface area contributed by atoms with E-state index in [1.165, 1.54) is 16.2 Å². The van der Waals surface area contributed by atoms with E-state index in [-0.39, 0.29) is 31.5 Å². The van der Waals surface area contributed by atoms with Crippen molar-refractivity contribution in [3.63, 3.8) is 0 Å². The zero-order valence-corrected chi connectivity index (χ0v) is 35.8. The molecule has 62 heavy (non-hydrogen) atoms. The van der Waals surface area contributed by atoms with Crippen LogP contribution < -0.4 is 24.8 Å². The van der Waals surface area contributed by atoms with Crippen LogP contribution in [-0.4, -0.2) is 83.1 Å². The summed E-state index contributed by atoms with van der Waals surface area (Å²) in [6, 6.07) is 4.78. The number of rotatable bonds is 9. The second kappa shape index (κ2) is 16.4. The molecule has 0 radical (unpaired) electrons. The van der Waals surface area contributed by atoms with E-state index in [1.807, 2.05) is 13.0 Å². The summed E-state index contributed by atoms with van der Waals surface area (Å²) < 4.78 is 95.8. The molecule has 0 bridgehead atoms. The molecule has 0 spiro atoms. The van der Waals surface area contributed by atoms with Crippen LogP contribution in [0.4, 0.5) is 23.2 Å². The van der Waals surface area contributed by atoms with E-state index in [0.29, 0.717) is 77.7 Å². The lowest BCUT2D eigenvalue weighted by atomic mass is 10.0. The minimum Gasteiger partial charge on any atom is -0.496 e. The number of ether oxygens (including phenoxy) is 2. The Morgan fingerprint density at radius 2 is 1.87 bits per heavy atom. The molecular formula is C43H46F4N6O7S2. The van der Waals surface area contributed by atoms with Gasteiger partial charge in [-0.2, -0.15) is 13.2 Å². The minimum atomic E-state index is -4.86. The number of benzene rings is 2. The second-order valence-electron chi connectivity index (χ2n) is 16.8. The maximum Gasteiger partial charge on any atom is 0.416 e. The summed E-state index contributed by atoms with van der Waals surface area (Å²) in [5.74, 6) is -2.99. The van der Waals surface area contributed by atoms with Crippen LogP contribution in [0.5, 0.6) is 11.5 Å². The highest BCUT2D eigenvalue weighted by atomic mass is 32.2. The van der Waals surface area contributed by atoms with E-state index in [9.17, 15) is 40.4 Å². The molecule has 8 rings (SSSR count). The molecular weight excluding hydrogens is 853 g/mol. The Kier molecular flexibility index (Phi) is 11.5. The molecule has 2 aliphatic carbocycles. The quantitative estimate of drug-likeness (QED) is 0.117. The minimum absolute atomic E-state index is 0.0808. The molecule has 3 amide bonds. The summed E-state index contributed by atoms with van der Waals surface area (Å²) in [6.45, 7) is 3.24. The van der Waals surface area contributed by atoms with Gasteiger partial charge >= 0.3 is 6.18 Å². The number of methoxy groups -OCH3 is 1. The molecule has 3 fully saturated rings. The zero-order valence-electron chi connectivity index (χ0n) is 34.2. The Hall–Kier alpha value is -5.30. The number of allylic oxidation sites excluding steroid dienone is 1. The van der Waals surface area contributed by atoms with Crippen LogP contribution in [0, 0.1) is 18.7 Å². The molecule has 13 nitrogen and oxygen atoms in total. The van der Waals surface area contributed by atoms with Crippen LogP contribution in [0.25, 0.3) is 21.6 Å². The van der Waals surface area contributed by atoms with Gasteiger partial charge in [-0.3, -0.25) is 19.1 Å². The SMILES string of the molecule is COc1ccc2c(O[C@@H]3C[C@H]4C(=O)N[C@]5(C(=O)NS(=O)(=O)C6(C)CC6)C[C@@H]5/C=C\CCCCC[C@H](Nc5cc(F)cc(C(F)(F)F)c5)C(=O)N4C3)cc(-c3nccs3)nc2c1C. The predicted octanol–water partition coefficient (Wildman–Crippen LogP) is 7.06. The Morgan fingerprint density at radius 3 is 2.58 bits per heavy atom. The number of carbonyl (C=O) groups is 3. The number of aryl methyl sites for hydroxylation is 1. The van der Waals surface area contributed by atoms with Gasteiger partial charge in [0.15, 0.2) is 0 Å². The molecule has 5 atom stereocenters. The molecule has 2 aliphatic heterocycles. The number of hydrogen-bond donors (Lipinski definition) is 3. The predicted molar refractivity (Wildman–Crippen MR) is 223 cm³/mol. The van der Waals surface area contributed by atoms with Crippen LogP contribution in [0.2, 0.25) is 0 Å². The van der Waals surface area contributed by atoms with Gasteiger partial charge in [-0.1, -0.05) is 25.0 Å². The lowest BCUT2D eigenvalue weighted by molar-refractivity contribution is -0.140. The lowest BCUT2D eigenvalue weighted by Crippen LogP contribution is -2.58. The summed E-state index contributed by atoms with van der Waals surface area (Å²) in [6.07, 6.45) is 2.86. The first-order chi connectivity index (χ1) is 29.4. The summed E-state index contributed by atoms with van der Waals surface area (Å²) in [7, 11) is -2.53. The van der Waals surface area contributed by atoms with Crippen LogP contribution >= 0.6 is 11.3 Å². The number of alkyl halides is 3. The van der Waals surface area contributed by atoms with Gasteiger partial charge in [0.05, 0.1) is 29.5 Å². The second-order valence-corrected chi connectivity index (χ2v) is 19.9. The topological polar surface area (TPSA) is 169 Å². The molecule has 4 aromatic rings. The smallest absolute Gasteiger partial charge is 0.416 e. The first-order valence-electron chi connectivity index (χ1n) is 20.5. The number of nitrogens with one attached hydrogen (secondary N) is 3. The first kappa shape index (κ1) is 43.4. The number of sulfonamides is 1. The highest BCUT2D eigenvalue weighted by Crippen LogP contribution is 2.48. The van der Waals surface area contributed by atoms with Crippen molar-refractivity contribution in [3.8, 4) is 22.2 Å². The molecule has 330 valence electrons. The van der Waals surface area contributed by atoms with E-state index in [0.717, 1.165) is 17.7 Å². The fourth-order valence-corrected chi connectivity index (χ4v) is 10.2. The first-order valence-corrected chi connectivity index (χ1v) is 22.8. The van der Waals surface area contributed by atoms with Crippen molar-refractivity contribution in [1.82, 2.24) is 24.9 Å². The number of halogens is 4. The molecule has 3 N–H and O–H groups in total. The molecule has 2 saturated carbocycles. The summed E-state index contributed by atoms with van der Waals surface area (Å²) in [5, 5.41) is 8.72. The number of carbonyl (C=O) groups excluding carboxylic acids is 3. The third-order valence-electron chi connectivity index (χ3n) is 12.4. The van der Waals surface area contributed by atoms with Crippen molar-refractivity contribution in [2.75, 3.05) is 19.0 Å². The molecule has 2 aromatic heterocycles. The largest absolute Gasteiger partial charge is 0.496 e. The molecule has 4 heterocycles. The van der Waals surface area contributed by atoms with Gasteiger partial charge in [0.2, 0.25) is 21.8 Å². The van der Waals surface area contributed by atoms with Crippen LogP contribution in [0.3, 0.4) is 0 Å². The number of hydrogen-bond acceptors (Lipinski definition) is 11. The van der Waals surface area contributed by atoms with Crippen molar-refractivity contribution in [2.45, 2.75) is 106 Å². The number of thiazole rings is 1. The fourth-order valence-electron chi connectivity index (χ4n) is 8.32. The summed E-state index contributed by atoms with van der Waals surface area (Å²) in [5.41, 5.74) is -1.33. The monoisotopic (exact) mass is 898 g/mol. The Morgan fingerprint density at radius 1 is 1.08 bits per heavy atom. The van der Waals surface area contributed by atoms with E-state index >= 15 is 0 Å². The number of nitrogens with zero attached hydrogens (tertiary/aromatic N) is 3. The highest BCUT2D eigenvalue weighted by molar-refractivity contribution is 7.91. The number of amides is 3. The van der Waals surface area contributed by atoms with Crippen molar-refractivity contribution < 1.29 is 49.8 Å². The third-order valence-corrected chi connectivity index (χ3v) is 15.3. The molecule has 2 aromatic carbocycles. The highest BCUT2D eigenvalue weighted by Gasteiger charge is 2.63. The zero-order chi connectivity index (χ0) is 44.2. The van der Waals surface area contributed by atoms with Gasteiger partial charge in [-0.05, 0) is 82.7 Å². The van der Waals surface area contributed by atoms with Gasteiger partial charge in [-0.25, -0.2) is 22.8 Å². The normalized spacial score (nSPS) is 25.7. The number of aromatic nitrogens is 2. The van der Waals surface area contributed by atoms with E-state index in [4.69, 9.17) is 14.5 Å². The number of fused-ring (bicyclic) bond motifs is 3. The summed E-state index contributed by atoms with van der Waals surface area (Å²) >= 11 is 1.37. The summed E-state index contributed by atoms with van der Waals surface area (Å²) in [4.78, 5) is 54.0. The van der Waals surface area contributed by atoms with E-state index < -0.39 is 79.7 Å². The van der Waals surface area contributed by atoms with Gasteiger partial charge in [0.25, 0.3) is 5.91 Å². The molecule has 0 unspecified atom stereocenters. The van der Waals surface area contributed by atoms with Crippen molar-refractivity contribution in [2.24, 2.45) is 5.92 Å². The lowest BCUT2D eigenvalue weighted by Gasteiger charge is -2.30. The Bertz CT molecular complexity index is 2550. The van der Waals surface area contributed by atoms with Crippen LogP contribution in [0.1, 0.15) is 75.8 Å². The van der Waals surface area contributed by atoms with Crippen molar-refractivity contribution in [3.05, 3.63) is 77.1 Å². The number of pyridine rings is 1. The Balaban J connectivity index is 1.16. The van der Waals surface area contributed by atoms with Crippen molar-refractivity contribution >= 4 is 55.7 Å². The van der Waals surface area contributed by atoms with Crippen molar-refractivity contribution in [1.29, 1.82) is 0 Å². The maximum absolute atomic E-state index is 14.8. The van der Waals surface area contributed by atoms with Gasteiger partial charge in [0, 0.05) is 46.6 Å². The molecule has 1 saturated heterocycles. The third kappa shape index (κ3) is 8.57. The number of anilines is 1. The van der Waals surface area contributed by atoms with Gasteiger partial charge in [0.1, 0.15) is 51.7 Å². The average Bonchev–Trinajstić information content (AvgIpc) is 3.97.